The maximum atomic E-state index is 13.0. The Balaban J connectivity index is 1.65. The predicted molar refractivity (Wildman–Crippen MR) is 127 cm³/mol. The number of aromatic nitrogens is 3. The minimum Gasteiger partial charge on any atom is -0.368 e. The van der Waals surface area contributed by atoms with Gasteiger partial charge in [0.2, 0.25) is 5.91 Å². The molecule has 0 spiro atoms. The van der Waals surface area contributed by atoms with E-state index in [4.69, 9.17) is 5.73 Å². The van der Waals surface area contributed by atoms with Gasteiger partial charge in [0.15, 0.2) is 15.5 Å². The van der Waals surface area contributed by atoms with Gasteiger partial charge in [-0.1, -0.05) is 42.5 Å². The van der Waals surface area contributed by atoms with Gasteiger partial charge in [0.25, 0.3) is 5.91 Å². The quantitative estimate of drug-likeness (QED) is 0.373. The summed E-state index contributed by atoms with van der Waals surface area (Å²) in [6.45, 7) is 3.25. The molecular weight excluding hydrogens is 454 g/mol. The Labute approximate surface area is 196 Å². The van der Waals surface area contributed by atoms with Crippen molar-refractivity contribution in [1.82, 2.24) is 20.3 Å². The van der Waals surface area contributed by atoms with Gasteiger partial charge in [-0.3, -0.25) is 9.59 Å². The maximum Gasteiger partial charge on any atom is 0.256 e. The molecule has 4 rings (SSSR count). The van der Waals surface area contributed by atoms with Crippen LogP contribution in [0.1, 0.15) is 35.8 Å². The Morgan fingerprint density at radius 3 is 2.32 bits per heavy atom. The lowest BCUT2D eigenvalue weighted by atomic mass is 10.1. The zero-order valence-corrected chi connectivity index (χ0v) is 19.3. The number of rotatable bonds is 7. The van der Waals surface area contributed by atoms with Gasteiger partial charge in [-0.15, -0.1) is 0 Å². The standard InChI is InChI=1S/C24H23N5O4S/c1-14(2)34(32,33)17-10-8-15(9-11-17)19-13-27-23-21(28-19)18(12-26-23)24(31)29-20(22(25)30)16-6-4-3-5-7-16/h3-14,20H,1-2H3,(H2,25,30)(H,26,27)(H,29,31)/t20-/m1/s1. The van der Waals surface area contributed by atoms with Crippen LogP contribution < -0.4 is 11.1 Å². The molecule has 9 nitrogen and oxygen atoms in total. The summed E-state index contributed by atoms with van der Waals surface area (Å²) < 4.78 is 24.7. The number of sulfone groups is 1. The Morgan fingerprint density at radius 1 is 1.03 bits per heavy atom. The molecule has 0 aliphatic rings. The van der Waals surface area contributed by atoms with E-state index in [1.54, 1.807) is 56.3 Å². The molecule has 0 saturated heterocycles. The van der Waals surface area contributed by atoms with Crippen molar-refractivity contribution in [3.63, 3.8) is 0 Å². The van der Waals surface area contributed by atoms with Gasteiger partial charge >= 0.3 is 0 Å². The molecular formula is C24H23N5O4S. The number of nitrogens with zero attached hydrogens (tertiary/aromatic N) is 2. The summed E-state index contributed by atoms with van der Waals surface area (Å²) in [5, 5.41) is 2.12. The molecule has 2 aromatic carbocycles. The van der Waals surface area contributed by atoms with E-state index in [1.807, 2.05) is 0 Å². The van der Waals surface area contributed by atoms with E-state index in [9.17, 15) is 18.0 Å². The number of nitrogens with two attached hydrogens (primary N) is 1. The summed E-state index contributed by atoms with van der Waals surface area (Å²) in [7, 11) is -3.39. The first kappa shape index (κ1) is 23.1. The largest absolute Gasteiger partial charge is 0.368 e. The van der Waals surface area contributed by atoms with E-state index < -0.39 is 32.9 Å². The van der Waals surface area contributed by atoms with Crippen LogP contribution >= 0.6 is 0 Å². The molecule has 2 heterocycles. The topological polar surface area (TPSA) is 148 Å². The van der Waals surface area contributed by atoms with Crippen molar-refractivity contribution in [3.8, 4) is 11.3 Å². The summed E-state index contributed by atoms with van der Waals surface area (Å²) in [6, 6.07) is 14.0. The number of primary amides is 1. The SMILES string of the molecule is CC(C)S(=O)(=O)c1ccc(-c2cnc3[nH]cc(C(=O)N[C@@H](C(N)=O)c4ccccc4)c3n2)cc1. The fourth-order valence-electron chi connectivity index (χ4n) is 3.46. The Hall–Kier alpha value is -4.05. The average Bonchev–Trinajstić information content (AvgIpc) is 3.26. The molecule has 0 radical (unpaired) electrons. The lowest BCUT2D eigenvalue weighted by molar-refractivity contribution is -0.120. The first-order valence-electron chi connectivity index (χ1n) is 10.5. The fourth-order valence-corrected chi connectivity index (χ4v) is 4.52. The van der Waals surface area contributed by atoms with Crippen molar-refractivity contribution in [2.45, 2.75) is 30.0 Å². The third-order valence-electron chi connectivity index (χ3n) is 5.42. The van der Waals surface area contributed by atoms with Crippen molar-refractivity contribution in [2.24, 2.45) is 5.73 Å². The minimum absolute atomic E-state index is 0.200. The third kappa shape index (κ3) is 4.40. The number of nitrogens with one attached hydrogen (secondary N) is 2. The highest BCUT2D eigenvalue weighted by molar-refractivity contribution is 7.92. The third-order valence-corrected chi connectivity index (χ3v) is 7.59. The number of hydrogen-bond donors (Lipinski definition) is 3. The van der Waals surface area contributed by atoms with E-state index in [0.29, 0.717) is 28.0 Å². The van der Waals surface area contributed by atoms with Crippen LogP contribution in [0.25, 0.3) is 22.4 Å². The van der Waals surface area contributed by atoms with E-state index in [0.717, 1.165) is 0 Å². The van der Waals surface area contributed by atoms with Crippen LogP contribution in [0.2, 0.25) is 0 Å². The number of H-pyrrole nitrogens is 1. The molecule has 10 heteroatoms. The van der Waals surface area contributed by atoms with Gasteiger partial charge in [-0.2, -0.15) is 0 Å². The molecule has 2 aromatic heterocycles. The van der Waals surface area contributed by atoms with E-state index >= 15 is 0 Å². The van der Waals surface area contributed by atoms with Gasteiger partial charge in [-0.05, 0) is 31.5 Å². The Kier molecular flexibility index (Phi) is 6.16. The normalized spacial score (nSPS) is 12.6. The molecule has 174 valence electrons. The van der Waals surface area contributed by atoms with Crippen LogP contribution in [0.4, 0.5) is 0 Å². The zero-order chi connectivity index (χ0) is 24.5. The molecule has 4 N–H and O–H groups in total. The first-order valence-corrected chi connectivity index (χ1v) is 12.1. The monoisotopic (exact) mass is 477 g/mol. The molecule has 0 aliphatic heterocycles. The second kappa shape index (κ2) is 9.06. The van der Waals surface area contributed by atoms with Gasteiger partial charge in [0.05, 0.1) is 27.6 Å². The number of carbonyl (C=O) groups excluding carboxylic acids is 2. The molecule has 4 aromatic rings. The van der Waals surface area contributed by atoms with Crippen molar-refractivity contribution in [2.75, 3.05) is 0 Å². The lowest BCUT2D eigenvalue weighted by Gasteiger charge is -2.15. The Bertz CT molecular complexity index is 1460. The van der Waals surface area contributed by atoms with Crippen molar-refractivity contribution < 1.29 is 18.0 Å². The van der Waals surface area contributed by atoms with Gasteiger partial charge in [0, 0.05) is 11.8 Å². The van der Waals surface area contributed by atoms with Crippen LogP contribution in [0.15, 0.2) is 71.9 Å². The lowest BCUT2D eigenvalue weighted by Crippen LogP contribution is -2.37. The predicted octanol–water partition coefficient (Wildman–Crippen LogP) is 2.76. The number of carbonyl (C=O) groups is 2. The maximum absolute atomic E-state index is 13.0. The van der Waals surface area contributed by atoms with Crippen molar-refractivity contribution in [1.29, 1.82) is 0 Å². The van der Waals surface area contributed by atoms with Crippen LogP contribution in [-0.2, 0) is 14.6 Å². The van der Waals surface area contributed by atoms with Gasteiger partial charge in [-0.25, -0.2) is 18.4 Å². The highest BCUT2D eigenvalue weighted by atomic mass is 32.2. The number of amides is 2. The highest BCUT2D eigenvalue weighted by Crippen LogP contribution is 2.24. The highest BCUT2D eigenvalue weighted by Gasteiger charge is 2.24. The number of hydrogen-bond acceptors (Lipinski definition) is 6. The molecule has 34 heavy (non-hydrogen) atoms. The van der Waals surface area contributed by atoms with Crippen LogP contribution in [-0.4, -0.2) is 40.4 Å². The van der Waals surface area contributed by atoms with Crippen molar-refractivity contribution >= 4 is 32.8 Å². The van der Waals surface area contributed by atoms with Crippen LogP contribution in [0, 0.1) is 0 Å². The summed E-state index contributed by atoms with van der Waals surface area (Å²) >= 11 is 0. The number of aromatic amines is 1. The summed E-state index contributed by atoms with van der Waals surface area (Å²) in [4.78, 5) is 37.0. The summed E-state index contributed by atoms with van der Waals surface area (Å²) in [6.07, 6.45) is 2.99. The van der Waals surface area contributed by atoms with E-state index in [1.165, 1.54) is 24.5 Å². The molecule has 1 atom stereocenters. The second-order valence-electron chi connectivity index (χ2n) is 7.99. The van der Waals surface area contributed by atoms with Crippen LogP contribution in [0.3, 0.4) is 0 Å². The van der Waals surface area contributed by atoms with Crippen LogP contribution in [0.5, 0.6) is 0 Å². The fraction of sp³-hybridized carbons (Fsp3) is 0.167. The number of benzene rings is 2. The molecule has 0 fully saturated rings. The number of fused-ring (bicyclic) bond motifs is 1. The molecule has 0 aliphatic carbocycles. The molecule has 2 amide bonds. The smallest absolute Gasteiger partial charge is 0.256 e. The first-order chi connectivity index (χ1) is 16.2. The summed E-state index contributed by atoms with van der Waals surface area (Å²) in [5.41, 5.74) is 8.08. The second-order valence-corrected chi connectivity index (χ2v) is 10.5. The van der Waals surface area contributed by atoms with E-state index in [2.05, 4.69) is 20.3 Å². The van der Waals surface area contributed by atoms with Gasteiger partial charge < -0.3 is 16.0 Å². The molecule has 0 bridgehead atoms. The summed E-state index contributed by atoms with van der Waals surface area (Å²) in [5.74, 6) is -1.23. The van der Waals surface area contributed by atoms with Crippen molar-refractivity contribution in [3.05, 3.63) is 78.1 Å². The molecule has 0 saturated carbocycles. The molecule has 0 unspecified atom stereocenters. The van der Waals surface area contributed by atoms with E-state index in [-0.39, 0.29) is 10.5 Å². The minimum atomic E-state index is -3.39. The Morgan fingerprint density at radius 2 is 1.71 bits per heavy atom. The van der Waals surface area contributed by atoms with Gasteiger partial charge in [0.1, 0.15) is 11.6 Å². The average molecular weight is 478 g/mol. The zero-order valence-electron chi connectivity index (χ0n) is 18.5.